The summed E-state index contributed by atoms with van der Waals surface area (Å²) < 4.78 is 5.38. The van der Waals surface area contributed by atoms with Crippen molar-refractivity contribution in [3.63, 3.8) is 0 Å². The Kier molecular flexibility index (Phi) is 6.12. The highest BCUT2D eigenvalue weighted by Crippen LogP contribution is 2.44. The van der Waals surface area contributed by atoms with Crippen LogP contribution in [0.5, 0.6) is 0 Å². The van der Waals surface area contributed by atoms with Gasteiger partial charge in [0.1, 0.15) is 0 Å². The molecule has 3 rings (SSSR count). The predicted octanol–water partition coefficient (Wildman–Crippen LogP) is 1.87. The van der Waals surface area contributed by atoms with E-state index < -0.39 is 0 Å². The van der Waals surface area contributed by atoms with Crippen molar-refractivity contribution in [2.24, 2.45) is 11.8 Å². The predicted molar refractivity (Wildman–Crippen MR) is 81.1 cm³/mol. The molecule has 3 atom stereocenters. The summed E-state index contributed by atoms with van der Waals surface area (Å²) in [5, 5.41) is 6.55. The van der Waals surface area contributed by atoms with Crippen LogP contribution in [0.1, 0.15) is 44.9 Å². The minimum Gasteiger partial charge on any atom is -0.378 e. The molecule has 3 aliphatic rings. The summed E-state index contributed by atoms with van der Waals surface area (Å²) in [4.78, 5) is 12.0. The van der Waals surface area contributed by atoms with E-state index in [1.54, 1.807) is 0 Å². The molecule has 0 spiro atoms. The molecule has 0 radical (unpaired) electrons. The lowest BCUT2D eigenvalue weighted by molar-refractivity contribution is -0.122. The highest BCUT2D eigenvalue weighted by molar-refractivity contribution is 5.85. The molecule has 0 aromatic carbocycles. The van der Waals surface area contributed by atoms with Crippen LogP contribution in [-0.4, -0.2) is 37.7 Å². The van der Waals surface area contributed by atoms with E-state index in [1.807, 2.05) is 0 Å². The van der Waals surface area contributed by atoms with Crippen molar-refractivity contribution in [2.75, 3.05) is 19.8 Å². The van der Waals surface area contributed by atoms with Crippen LogP contribution in [-0.2, 0) is 9.53 Å². The van der Waals surface area contributed by atoms with E-state index >= 15 is 0 Å². The Morgan fingerprint density at radius 1 is 1.25 bits per heavy atom. The number of hydrogen-bond donors (Lipinski definition) is 2. The first-order valence-electron chi connectivity index (χ1n) is 7.93. The van der Waals surface area contributed by atoms with Gasteiger partial charge in [-0.3, -0.25) is 4.79 Å². The Labute approximate surface area is 127 Å². The normalized spacial score (nSPS) is 34.1. The SMILES string of the molecule is Cl.O=C(CC1COCCN1)NC1CC1C1CCCCC1. The summed E-state index contributed by atoms with van der Waals surface area (Å²) in [5.74, 6) is 1.86. The Bertz CT molecular complexity index is 315. The number of amides is 1. The van der Waals surface area contributed by atoms with Crippen LogP contribution in [0, 0.1) is 11.8 Å². The minimum absolute atomic E-state index is 0. The Morgan fingerprint density at radius 2 is 2.05 bits per heavy atom. The van der Waals surface area contributed by atoms with Gasteiger partial charge in [-0.25, -0.2) is 0 Å². The molecule has 2 saturated carbocycles. The van der Waals surface area contributed by atoms with E-state index in [0.29, 0.717) is 19.1 Å². The minimum atomic E-state index is 0. The van der Waals surface area contributed by atoms with Gasteiger partial charge in [0, 0.05) is 25.0 Å². The highest BCUT2D eigenvalue weighted by atomic mass is 35.5. The zero-order valence-electron chi connectivity index (χ0n) is 12.1. The highest BCUT2D eigenvalue weighted by Gasteiger charge is 2.43. The third kappa shape index (κ3) is 4.34. The van der Waals surface area contributed by atoms with E-state index in [2.05, 4.69) is 10.6 Å². The van der Waals surface area contributed by atoms with Gasteiger partial charge in [0.15, 0.2) is 0 Å². The first-order chi connectivity index (χ1) is 9.33. The summed E-state index contributed by atoms with van der Waals surface area (Å²) >= 11 is 0. The number of hydrogen-bond acceptors (Lipinski definition) is 3. The summed E-state index contributed by atoms with van der Waals surface area (Å²) in [6, 6.07) is 0.681. The number of halogens is 1. The fourth-order valence-corrected chi connectivity index (χ4v) is 3.70. The van der Waals surface area contributed by atoms with Crippen molar-refractivity contribution < 1.29 is 9.53 Å². The molecule has 1 amide bonds. The lowest BCUT2D eigenvalue weighted by Gasteiger charge is -2.24. The Morgan fingerprint density at radius 3 is 2.75 bits per heavy atom. The van der Waals surface area contributed by atoms with Gasteiger partial charge in [0.05, 0.1) is 13.2 Å². The molecule has 2 N–H and O–H groups in total. The fraction of sp³-hybridized carbons (Fsp3) is 0.933. The van der Waals surface area contributed by atoms with Crippen LogP contribution in [0.2, 0.25) is 0 Å². The number of rotatable bonds is 4. The summed E-state index contributed by atoms with van der Waals surface area (Å²) in [6.07, 6.45) is 8.74. The number of carbonyl (C=O) groups is 1. The van der Waals surface area contributed by atoms with Crippen LogP contribution in [0.3, 0.4) is 0 Å². The van der Waals surface area contributed by atoms with Crippen LogP contribution in [0.4, 0.5) is 0 Å². The van der Waals surface area contributed by atoms with Gasteiger partial charge < -0.3 is 15.4 Å². The third-order valence-electron chi connectivity index (χ3n) is 4.87. The quantitative estimate of drug-likeness (QED) is 0.833. The van der Waals surface area contributed by atoms with Crippen molar-refractivity contribution in [1.82, 2.24) is 10.6 Å². The van der Waals surface area contributed by atoms with Gasteiger partial charge in [0.25, 0.3) is 0 Å². The zero-order valence-corrected chi connectivity index (χ0v) is 12.9. The number of morpholine rings is 1. The van der Waals surface area contributed by atoms with Gasteiger partial charge in [-0.05, 0) is 18.3 Å². The molecule has 2 aliphatic carbocycles. The average molecular weight is 303 g/mol. The molecule has 3 unspecified atom stereocenters. The third-order valence-corrected chi connectivity index (χ3v) is 4.87. The molecule has 0 bridgehead atoms. The molecule has 0 aromatic heterocycles. The van der Waals surface area contributed by atoms with Gasteiger partial charge in [-0.2, -0.15) is 0 Å². The van der Waals surface area contributed by atoms with Crippen LogP contribution < -0.4 is 10.6 Å². The van der Waals surface area contributed by atoms with Gasteiger partial charge in [0.2, 0.25) is 5.91 Å². The van der Waals surface area contributed by atoms with Crippen LogP contribution in [0.15, 0.2) is 0 Å². The molecule has 1 aliphatic heterocycles. The maximum atomic E-state index is 12.0. The topological polar surface area (TPSA) is 50.4 Å². The second-order valence-electron chi connectivity index (χ2n) is 6.40. The average Bonchev–Trinajstić information content (AvgIpc) is 3.20. The molecule has 20 heavy (non-hydrogen) atoms. The van der Waals surface area contributed by atoms with E-state index in [1.165, 1.54) is 38.5 Å². The van der Waals surface area contributed by atoms with Gasteiger partial charge in [-0.1, -0.05) is 32.1 Å². The molecule has 1 heterocycles. The Balaban J connectivity index is 0.00000147. The molecule has 3 fully saturated rings. The van der Waals surface area contributed by atoms with E-state index in [-0.39, 0.29) is 24.4 Å². The van der Waals surface area contributed by atoms with Gasteiger partial charge in [-0.15, -0.1) is 12.4 Å². The smallest absolute Gasteiger partial charge is 0.221 e. The van der Waals surface area contributed by atoms with E-state index in [0.717, 1.165) is 25.0 Å². The molecule has 116 valence electrons. The zero-order chi connectivity index (χ0) is 13.1. The van der Waals surface area contributed by atoms with Crippen LogP contribution in [0.25, 0.3) is 0 Å². The lowest BCUT2D eigenvalue weighted by Crippen LogP contribution is -2.44. The standard InChI is InChI=1S/C15H26N2O2.ClH/c18-15(8-12-10-19-7-6-16-12)17-14-9-13(14)11-4-2-1-3-5-11;/h11-14,16H,1-10H2,(H,17,18);1H. The van der Waals surface area contributed by atoms with Crippen molar-refractivity contribution >= 4 is 18.3 Å². The molecule has 1 saturated heterocycles. The van der Waals surface area contributed by atoms with Gasteiger partial charge >= 0.3 is 0 Å². The van der Waals surface area contributed by atoms with E-state index in [4.69, 9.17) is 4.74 Å². The summed E-state index contributed by atoms with van der Waals surface area (Å²) in [5.41, 5.74) is 0. The number of ether oxygens (including phenoxy) is 1. The van der Waals surface area contributed by atoms with E-state index in [9.17, 15) is 4.79 Å². The second kappa shape index (κ2) is 7.62. The maximum Gasteiger partial charge on any atom is 0.221 e. The molecule has 4 nitrogen and oxygen atoms in total. The number of nitrogens with one attached hydrogen (secondary N) is 2. The van der Waals surface area contributed by atoms with Crippen molar-refractivity contribution in [3.8, 4) is 0 Å². The maximum absolute atomic E-state index is 12.0. The fourth-order valence-electron chi connectivity index (χ4n) is 3.70. The molecular formula is C15H27ClN2O2. The van der Waals surface area contributed by atoms with Crippen LogP contribution >= 0.6 is 12.4 Å². The molecule has 5 heteroatoms. The van der Waals surface area contributed by atoms with Crippen molar-refractivity contribution in [2.45, 2.75) is 57.0 Å². The first-order valence-corrected chi connectivity index (χ1v) is 7.93. The lowest BCUT2D eigenvalue weighted by atomic mass is 9.85. The molecular weight excluding hydrogens is 276 g/mol. The molecule has 0 aromatic rings. The largest absolute Gasteiger partial charge is 0.378 e. The summed E-state index contributed by atoms with van der Waals surface area (Å²) in [7, 11) is 0. The van der Waals surface area contributed by atoms with Crippen molar-refractivity contribution in [1.29, 1.82) is 0 Å². The summed E-state index contributed by atoms with van der Waals surface area (Å²) in [6.45, 7) is 2.31. The monoisotopic (exact) mass is 302 g/mol. The first kappa shape index (κ1) is 16.1. The number of carbonyl (C=O) groups excluding carboxylic acids is 1. The second-order valence-corrected chi connectivity index (χ2v) is 6.40. The van der Waals surface area contributed by atoms with Crippen molar-refractivity contribution in [3.05, 3.63) is 0 Å². The Hall–Kier alpha value is -0.320.